The number of nitrogens with zero attached hydrogens (tertiary/aromatic N) is 3. The third-order valence-corrected chi connectivity index (χ3v) is 5.02. The molecule has 0 radical (unpaired) electrons. The number of pyridine rings is 1. The first-order valence-corrected chi connectivity index (χ1v) is 9.57. The van der Waals surface area contributed by atoms with E-state index in [-0.39, 0.29) is 17.6 Å². The van der Waals surface area contributed by atoms with E-state index < -0.39 is 0 Å². The molecular formula is C23H17ClFN3O2. The van der Waals surface area contributed by atoms with Crippen LogP contribution in [0.3, 0.4) is 0 Å². The topological polar surface area (TPSA) is 59.2 Å². The summed E-state index contributed by atoms with van der Waals surface area (Å²) in [5, 5.41) is 4.58. The van der Waals surface area contributed by atoms with Gasteiger partial charge in [0.2, 0.25) is 11.8 Å². The Morgan fingerprint density at radius 2 is 1.80 bits per heavy atom. The van der Waals surface area contributed by atoms with Crippen molar-refractivity contribution in [2.24, 2.45) is 0 Å². The van der Waals surface area contributed by atoms with Gasteiger partial charge in [-0.05, 0) is 48.4 Å². The van der Waals surface area contributed by atoms with Crippen LogP contribution >= 0.6 is 11.6 Å². The van der Waals surface area contributed by atoms with Gasteiger partial charge in [-0.15, -0.1) is 0 Å². The molecule has 0 atom stereocenters. The van der Waals surface area contributed by atoms with Gasteiger partial charge in [-0.25, -0.2) is 9.29 Å². The van der Waals surface area contributed by atoms with Gasteiger partial charge in [0.15, 0.2) is 0 Å². The van der Waals surface area contributed by atoms with E-state index in [0.29, 0.717) is 33.1 Å². The van der Waals surface area contributed by atoms with Crippen molar-refractivity contribution in [3.8, 4) is 22.4 Å². The van der Waals surface area contributed by atoms with Gasteiger partial charge in [-0.3, -0.25) is 9.78 Å². The van der Waals surface area contributed by atoms with Gasteiger partial charge in [-0.1, -0.05) is 41.0 Å². The number of halogens is 2. The van der Waals surface area contributed by atoms with Crippen molar-refractivity contribution in [2.75, 3.05) is 4.90 Å². The van der Waals surface area contributed by atoms with Gasteiger partial charge in [0.25, 0.3) is 0 Å². The Bertz CT molecular complexity index is 1220. The van der Waals surface area contributed by atoms with Gasteiger partial charge in [0.1, 0.15) is 11.5 Å². The van der Waals surface area contributed by atoms with Crippen molar-refractivity contribution in [3.63, 3.8) is 0 Å². The van der Waals surface area contributed by atoms with E-state index in [1.807, 2.05) is 0 Å². The van der Waals surface area contributed by atoms with E-state index in [2.05, 4.69) is 10.1 Å². The van der Waals surface area contributed by atoms with Gasteiger partial charge in [0.05, 0.1) is 16.3 Å². The maximum absolute atomic E-state index is 14.3. The van der Waals surface area contributed by atoms with E-state index in [4.69, 9.17) is 16.1 Å². The molecule has 0 fully saturated rings. The van der Waals surface area contributed by atoms with E-state index in [1.165, 1.54) is 17.9 Å². The second kappa shape index (κ2) is 8.08. The number of hydrogen-bond acceptors (Lipinski definition) is 4. The van der Waals surface area contributed by atoms with Gasteiger partial charge < -0.3 is 4.52 Å². The van der Waals surface area contributed by atoms with Crippen molar-refractivity contribution < 1.29 is 13.7 Å². The summed E-state index contributed by atoms with van der Waals surface area (Å²) in [6, 6.07) is 15.3. The van der Waals surface area contributed by atoms with Crippen LogP contribution < -0.4 is 4.90 Å². The quantitative estimate of drug-likeness (QED) is 0.394. The minimum Gasteiger partial charge on any atom is -0.337 e. The highest BCUT2D eigenvalue weighted by molar-refractivity contribution is 6.34. The Balaban J connectivity index is 1.98. The van der Waals surface area contributed by atoms with Crippen molar-refractivity contribution >= 4 is 29.1 Å². The summed E-state index contributed by atoms with van der Waals surface area (Å²) < 4.78 is 19.9. The number of benzene rings is 2. The third kappa shape index (κ3) is 3.57. The summed E-state index contributed by atoms with van der Waals surface area (Å²) in [7, 11) is 0. The average molecular weight is 422 g/mol. The molecule has 1 amide bonds. The number of amides is 1. The van der Waals surface area contributed by atoms with E-state index in [9.17, 15) is 9.18 Å². The lowest BCUT2D eigenvalue weighted by atomic mass is 10.00. The summed E-state index contributed by atoms with van der Waals surface area (Å²) in [6.45, 7) is 3.10. The van der Waals surface area contributed by atoms with Crippen LogP contribution in [0.2, 0.25) is 5.02 Å². The maximum Gasteiger partial charge on any atom is 0.247 e. The Morgan fingerprint density at radius 3 is 2.47 bits per heavy atom. The molecule has 0 saturated heterocycles. The smallest absolute Gasteiger partial charge is 0.247 e. The fraction of sp³-hybridized carbons (Fsp3) is 0.0870. The Labute approximate surface area is 177 Å². The highest BCUT2D eigenvalue weighted by Crippen LogP contribution is 2.43. The number of anilines is 2. The Kier molecular flexibility index (Phi) is 5.33. The summed E-state index contributed by atoms with van der Waals surface area (Å²) in [5.74, 6) is -0.471. The van der Waals surface area contributed by atoms with E-state index in [0.717, 1.165) is 5.56 Å². The Morgan fingerprint density at radius 1 is 1.07 bits per heavy atom. The molecule has 0 aliphatic heterocycles. The summed E-state index contributed by atoms with van der Waals surface area (Å²) in [6.07, 6.45) is 3.25. The first-order valence-electron chi connectivity index (χ1n) is 9.19. The first kappa shape index (κ1) is 19.8. The molecule has 0 aliphatic carbocycles. The predicted octanol–water partition coefficient (Wildman–Crippen LogP) is 6.19. The molecule has 0 aliphatic rings. The molecule has 30 heavy (non-hydrogen) atoms. The molecule has 150 valence electrons. The third-order valence-electron chi connectivity index (χ3n) is 4.70. The lowest BCUT2D eigenvalue weighted by Gasteiger charge is -2.20. The van der Waals surface area contributed by atoms with Crippen LogP contribution in [0.15, 0.2) is 71.5 Å². The van der Waals surface area contributed by atoms with Crippen LogP contribution in [-0.4, -0.2) is 16.0 Å². The van der Waals surface area contributed by atoms with Crippen LogP contribution in [-0.2, 0) is 4.79 Å². The lowest BCUT2D eigenvalue weighted by Crippen LogP contribution is -2.23. The number of rotatable bonds is 4. The van der Waals surface area contributed by atoms with Crippen LogP contribution in [0.4, 0.5) is 16.0 Å². The molecule has 7 heteroatoms. The number of carbonyl (C=O) groups excluding carboxylic acids is 1. The van der Waals surface area contributed by atoms with Crippen molar-refractivity contribution in [1.29, 1.82) is 0 Å². The number of hydrogen-bond donors (Lipinski definition) is 0. The monoisotopic (exact) mass is 421 g/mol. The molecule has 0 unspecified atom stereocenters. The largest absolute Gasteiger partial charge is 0.337 e. The standard InChI is InChI=1S/C23H17ClFN3O2/c1-14-7-8-17(13-19(14)25)22-21(16-9-11-26-12-10-16)23(30-27-22)28(15(2)29)20-6-4-3-5-18(20)24/h3-13H,1-2H3. The zero-order valence-corrected chi connectivity index (χ0v) is 17.0. The van der Waals surface area contributed by atoms with Crippen LogP contribution in [0.1, 0.15) is 12.5 Å². The van der Waals surface area contributed by atoms with Crippen molar-refractivity contribution in [2.45, 2.75) is 13.8 Å². The molecule has 2 heterocycles. The highest BCUT2D eigenvalue weighted by Gasteiger charge is 2.28. The predicted molar refractivity (Wildman–Crippen MR) is 114 cm³/mol. The van der Waals surface area contributed by atoms with Crippen LogP contribution in [0, 0.1) is 12.7 Å². The summed E-state index contributed by atoms with van der Waals surface area (Å²) >= 11 is 6.36. The molecule has 5 nitrogen and oxygen atoms in total. The molecule has 4 rings (SSSR count). The molecular weight excluding hydrogens is 405 g/mol. The fourth-order valence-corrected chi connectivity index (χ4v) is 3.43. The lowest BCUT2D eigenvalue weighted by molar-refractivity contribution is -0.116. The number of carbonyl (C=O) groups is 1. The molecule has 0 bridgehead atoms. The zero-order valence-electron chi connectivity index (χ0n) is 16.3. The van der Waals surface area contributed by atoms with Gasteiger partial charge in [-0.2, -0.15) is 0 Å². The highest BCUT2D eigenvalue weighted by atomic mass is 35.5. The van der Waals surface area contributed by atoms with E-state index in [1.54, 1.807) is 67.8 Å². The minimum atomic E-state index is -0.354. The summed E-state index contributed by atoms with van der Waals surface area (Å²) in [5.41, 5.74) is 3.18. The Hall–Kier alpha value is -3.51. The van der Waals surface area contributed by atoms with Crippen molar-refractivity contribution in [1.82, 2.24) is 10.1 Å². The normalized spacial score (nSPS) is 10.8. The second-order valence-corrected chi connectivity index (χ2v) is 7.12. The maximum atomic E-state index is 14.3. The zero-order chi connectivity index (χ0) is 21.3. The van der Waals surface area contributed by atoms with Crippen LogP contribution in [0.5, 0.6) is 0 Å². The summed E-state index contributed by atoms with van der Waals surface area (Å²) in [4.78, 5) is 18.0. The number of aromatic nitrogens is 2. The molecule has 2 aromatic carbocycles. The molecule has 4 aromatic rings. The average Bonchev–Trinajstić information content (AvgIpc) is 3.16. The molecule has 2 aromatic heterocycles. The van der Waals surface area contributed by atoms with E-state index >= 15 is 0 Å². The van der Waals surface area contributed by atoms with Crippen molar-refractivity contribution in [3.05, 3.63) is 83.4 Å². The first-order chi connectivity index (χ1) is 14.5. The molecule has 0 spiro atoms. The van der Waals surface area contributed by atoms with Gasteiger partial charge in [0, 0.05) is 24.9 Å². The second-order valence-electron chi connectivity index (χ2n) is 6.72. The SMILES string of the molecule is CC(=O)N(c1ccccc1Cl)c1onc(-c2ccc(C)c(F)c2)c1-c1ccncc1. The number of para-hydroxylation sites is 1. The van der Waals surface area contributed by atoms with Crippen LogP contribution in [0.25, 0.3) is 22.4 Å². The molecule has 0 N–H and O–H groups in total. The minimum absolute atomic E-state index is 0.192. The molecule has 0 saturated carbocycles. The fourth-order valence-electron chi connectivity index (χ4n) is 3.21. The number of aryl methyl sites for hydroxylation is 1. The van der Waals surface area contributed by atoms with Gasteiger partial charge >= 0.3 is 0 Å².